The number of hydrogen-bond acceptors (Lipinski definition) is 6. The molecule has 0 amide bonds. The molecule has 6 nitrogen and oxygen atoms in total. The zero-order valence-corrected chi connectivity index (χ0v) is 19.2. The Kier molecular flexibility index (Phi) is 6.99. The Bertz CT molecular complexity index is 1240. The normalized spacial score (nSPS) is 14.5. The highest BCUT2D eigenvalue weighted by Crippen LogP contribution is 2.23. The van der Waals surface area contributed by atoms with Crippen LogP contribution in [0.1, 0.15) is 35.4 Å². The SMILES string of the molecule is Cc1nc(NCc2c(F)cccc2CN2CCCC2)ccc1S(=O)(=O)Cc1cccc(F)n1. The van der Waals surface area contributed by atoms with E-state index in [-0.39, 0.29) is 23.0 Å². The van der Waals surface area contributed by atoms with Gasteiger partial charge < -0.3 is 5.32 Å². The largest absolute Gasteiger partial charge is 0.366 e. The van der Waals surface area contributed by atoms with Gasteiger partial charge >= 0.3 is 0 Å². The van der Waals surface area contributed by atoms with E-state index in [0.29, 0.717) is 23.6 Å². The van der Waals surface area contributed by atoms with Crippen LogP contribution >= 0.6 is 0 Å². The quantitative estimate of drug-likeness (QED) is 0.494. The molecule has 0 saturated carbocycles. The van der Waals surface area contributed by atoms with Gasteiger partial charge in [-0.15, -0.1) is 0 Å². The van der Waals surface area contributed by atoms with Crippen molar-refractivity contribution in [2.75, 3.05) is 18.4 Å². The summed E-state index contributed by atoms with van der Waals surface area (Å²) in [6.07, 6.45) is 2.33. The molecule has 4 rings (SSSR count). The number of pyridine rings is 2. The molecule has 1 aliphatic rings. The van der Waals surface area contributed by atoms with Crippen molar-refractivity contribution in [2.24, 2.45) is 0 Å². The van der Waals surface area contributed by atoms with Gasteiger partial charge in [-0.3, -0.25) is 4.90 Å². The molecule has 2 aromatic heterocycles. The first-order valence-electron chi connectivity index (χ1n) is 10.9. The van der Waals surface area contributed by atoms with E-state index in [4.69, 9.17) is 0 Å². The van der Waals surface area contributed by atoms with Crippen LogP contribution in [0.4, 0.5) is 14.6 Å². The summed E-state index contributed by atoms with van der Waals surface area (Å²) in [7, 11) is -3.76. The molecule has 1 fully saturated rings. The predicted octanol–water partition coefficient (Wildman–Crippen LogP) is 4.25. The number of hydrogen-bond donors (Lipinski definition) is 1. The fourth-order valence-electron chi connectivity index (χ4n) is 4.09. The van der Waals surface area contributed by atoms with Crippen molar-refractivity contribution in [1.82, 2.24) is 14.9 Å². The minimum atomic E-state index is -3.76. The van der Waals surface area contributed by atoms with Crippen molar-refractivity contribution >= 4 is 15.7 Å². The molecule has 0 unspecified atom stereocenters. The van der Waals surface area contributed by atoms with Crippen LogP contribution < -0.4 is 5.32 Å². The van der Waals surface area contributed by atoms with Crippen molar-refractivity contribution < 1.29 is 17.2 Å². The molecule has 0 radical (unpaired) electrons. The Balaban J connectivity index is 1.48. The average molecular weight is 473 g/mol. The summed E-state index contributed by atoms with van der Waals surface area (Å²) in [6, 6.07) is 12.2. The summed E-state index contributed by atoms with van der Waals surface area (Å²) in [5, 5.41) is 3.12. The molecular formula is C24H26F2N4O2S. The third-order valence-corrected chi connectivity index (χ3v) is 7.52. The van der Waals surface area contributed by atoms with Crippen molar-refractivity contribution in [3.63, 3.8) is 0 Å². The van der Waals surface area contributed by atoms with Crippen LogP contribution in [-0.4, -0.2) is 36.4 Å². The van der Waals surface area contributed by atoms with E-state index in [2.05, 4.69) is 20.2 Å². The number of rotatable bonds is 8. The van der Waals surface area contributed by atoms with E-state index in [0.717, 1.165) is 37.6 Å². The Hall–Kier alpha value is -2.91. The number of benzene rings is 1. The van der Waals surface area contributed by atoms with Gasteiger partial charge in [0.15, 0.2) is 9.84 Å². The van der Waals surface area contributed by atoms with E-state index >= 15 is 0 Å². The lowest BCUT2D eigenvalue weighted by Crippen LogP contribution is -2.20. The van der Waals surface area contributed by atoms with Gasteiger partial charge in [-0.2, -0.15) is 4.39 Å². The van der Waals surface area contributed by atoms with Gasteiger partial charge in [-0.25, -0.2) is 22.8 Å². The number of anilines is 1. The number of sulfone groups is 1. The second-order valence-corrected chi connectivity index (χ2v) is 10.2. The molecule has 1 aliphatic heterocycles. The molecule has 1 aromatic carbocycles. The minimum Gasteiger partial charge on any atom is -0.366 e. The van der Waals surface area contributed by atoms with Gasteiger partial charge in [0, 0.05) is 18.7 Å². The van der Waals surface area contributed by atoms with Gasteiger partial charge in [-0.05, 0) is 68.8 Å². The van der Waals surface area contributed by atoms with Gasteiger partial charge in [0.05, 0.1) is 22.0 Å². The second kappa shape index (κ2) is 9.93. The number of nitrogens with one attached hydrogen (secondary N) is 1. The number of aromatic nitrogens is 2. The van der Waals surface area contributed by atoms with Gasteiger partial charge in [0.1, 0.15) is 11.6 Å². The average Bonchev–Trinajstić information content (AvgIpc) is 3.26. The first-order chi connectivity index (χ1) is 15.8. The molecule has 0 aliphatic carbocycles. The molecule has 9 heteroatoms. The van der Waals surface area contributed by atoms with E-state index in [9.17, 15) is 17.2 Å². The molecule has 0 bridgehead atoms. The summed E-state index contributed by atoms with van der Waals surface area (Å²) < 4.78 is 53.5. The summed E-state index contributed by atoms with van der Waals surface area (Å²) in [5.74, 6) is -0.979. The van der Waals surface area contributed by atoms with E-state index < -0.39 is 21.5 Å². The molecular weight excluding hydrogens is 446 g/mol. The molecule has 0 spiro atoms. The monoisotopic (exact) mass is 472 g/mol. The third kappa shape index (κ3) is 5.72. The molecule has 1 saturated heterocycles. The summed E-state index contributed by atoms with van der Waals surface area (Å²) in [5.41, 5.74) is 1.95. The lowest BCUT2D eigenvalue weighted by atomic mass is 10.1. The van der Waals surface area contributed by atoms with Crippen LogP contribution in [0.15, 0.2) is 53.4 Å². The van der Waals surface area contributed by atoms with E-state index in [1.807, 2.05) is 6.07 Å². The lowest BCUT2D eigenvalue weighted by Gasteiger charge is -2.18. The molecule has 174 valence electrons. The van der Waals surface area contributed by atoms with Crippen molar-refractivity contribution in [1.29, 1.82) is 0 Å². The Morgan fingerprint density at radius 1 is 1.00 bits per heavy atom. The van der Waals surface area contributed by atoms with Crippen LogP contribution in [0.2, 0.25) is 0 Å². The Morgan fingerprint density at radius 2 is 1.76 bits per heavy atom. The van der Waals surface area contributed by atoms with Crippen LogP contribution in [0, 0.1) is 18.7 Å². The van der Waals surface area contributed by atoms with Crippen LogP contribution in [0.25, 0.3) is 0 Å². The fourth-order valence-corrected chi connectivity index (χ4v) is 5.57. The minimum absolute atomic E-state index is 0.0553. The summed E-state index contributed by atoms with van der Waals surface area (Å²) >= 11 is 0. The predicted molar refractivity (Wildman–Crippen MR) is 122 cm³/mol. The zero-order valence-electron chi connectivity index (χ0n) is 18.4. The topological polar surface area (TPSA) is 75.2 Å². The number of nitrogens with zero attached hydrogens (tertiary/aromatic N) is 3. The summed E-state index contributed by atoms with van der Waals surface area (Å²) in [6.45, 7) is 4.57. The fraction of sp³-hybridized carbons (Fsp3) is 0.333. The van der Waals surface area contributed by atoms with Crippen molar-refractivity contribution in [2.45, 2.75) is 43.5 Å². The first-order valence-corrected chi connectivity index (χ1v) is 12.5. The highest BCUT2D eigenvalue weighted by atomic mass is 32.2. The van der Waals surface area contributed by atoms with Crippen molar-refractivity contribution in [3.05, 3.63) is 82.8 Å². The molecule has 33 heavy (non-hydrogen) atoms. The lowest BCUT2D eigenvalue weighted by molar-refractivity contribution is 0.329. The standard InChI is InChI=1S/C24H26F2N4O2S/c1-17-22(33(31,32)16-19-7-5-9-23(26)29-19)10-11-24(28-17)27-14-20-18(6-4-8-21(20)25)15-30-12-2-3-13-30/h4-11H,2-3,12-16H2,1H3,(H,27,28). The smallest absolute Gasteiger partial charge is 0.213 e. The third-order valence-electron chi connectivity index (χ3n) is 5.74. The van der Waals surface area contributed by atoms with Crippen LogP contribution in [0.5, 0.6) is 0 Å². The number of aryl methyl sites for hydroxylation is 1. The second-order valence-electron chi connectivity index (χ2n) is 8.21. The van der Waals surface area contributed by atoms with Gasteiger partial charge in [0.2, 0.25) is 5.95 Å². The number of halogens is 2. The van der Waals surface area contributed by atoms with E-state index in [1.165, 1.54) is 24.3 Å². The number of likely N-dealkylation sites (tertiary alicyclic amines) is 1. The molecule has 3 aromatic rings. The maximum atomic E-state index is 14.6. The Morgan fingerprint density at radius 3 is 2.48 bits per heavy atom. The van der Waals surface area contributed by atoms with E-state index in [1.54, 1.807) is 19.1 Å². The van der Waals surface area contributed by atoms with Gasteiger partial charge in [0.25, 0.3) is 0 Å². The van der Waals surface area contributed by atoms with Crippen LogP contribution in [0.3, 0.4) is 0 Å². The highest BCUT2D eigenvalue weighted by molar-refractivity contribution is 7.90. The summed E-state index contributed by atoms with van der Waals surface area (Å²) in [4.78, 5) is 10.4. The maximum Gasteiger partial charge on any atom is 0.213 e. The zero-order chi connectivity index (χ0) is 23.4. The Labute approximate surface area is 192 Å². The molecule has 0 atom stereocenters. The van der Waals surface area contributed by atoms with Crippen LogP contribution in [-0.2, 0) is 28.7 Å². The highest BCUT2D eigenvalue weighted by Gasteiger charge is 2.21. The molecule has 3 heterocycles. The van der Waals surface area contributed by atoms with Crippen molar-refractivity contribution in [3.8, 4) is 0 Å². The maximum absolute atomic E-state index is 14.6. The first kappa shape index (κ1) is 23.3. The molecule has 1 N–H and O–H groups in total. The van der Waals surface area contributed by atoms with Gasteiger partial charge in [-0.1, -0.05) is 18.2 Å².